The molecule has 1 rings (SSSR count). The minimum Gasteiger partial charge on any atom is -0.383 e. The normalized spacial score (nSPS) is 9.77. The summed E-state index contributed by atoms with van der Waals surface area (Å²) in [4.78, 5) is 23.2. The van der Waals surface area contributed by atoms with Gasteiger partial charge in [-0.2, -0.15) is 0 Å². The zero-order valence-electron chi connectivity index (χ0n) is 12.6. The summed E-state index contributed by atoms with van der Waals surface area (Å²) in [6.45, 7) is 3.17. The van der Waals surface area contributed by atoms with Gasteiger partial charge in [-0.25, -0.2) is 0 Å². The average Bonchev–Trinajstić information content (AvgIpc) is 2.45. The number of nitrogens with one attached hydrogen (secondary N) is 3. The third-order valence-corrected chi connectivity index (χ3v) is 3.55. The van der Waals surface area contributed by atoms with Gasteiger partial charge in [0.05, 0.1) is 19.7 Å². The molecule has 0 saturated heterocycles. The predicted molar refractivity (Wildman–Crippen MR) is 92.5 cm³/mol. The highest BCUT2D eigenvalue weighted by molar-refractivity contribution is 9.10. The van der Waals surface area contributed by atoms with E-state index < -0.39 is 0 Å². The van der Waals surface area contributed by atoms with Crippen molar-refractivity contribution in [2.75, 3.05) is 38.7 Å². The van der Waals surface area contributed by atoms with E-state index in [9.17, 15) is 9.59 Å². The van der Waals surface area contributed by atoms with Crippen LogP contribution < -0.4 is 16.0 Å². The molecular formula is C14H21BrClN3O3. The molecule has 0 aromatic heterocycles. The Morgan fingerprint density at radius 3 is 2.59 bits per heavy atom. The lowest BCUT2D eigenvalue weighted by Crippen LogP contribution is -2.39. The maximum absolute atomic E-state index is 11.7. The Balaban J connectivity index is 0.00000441. The number of methoxy groups -OCH3 is 1. The highest BCUT2D eigenvalue weighted by Crippen LogP contribution is 2.19. The summed E-state index contributed by atoms with van der Waals surface area (Å²) in [5, 5.41) is 8.17. The molecule has 0 fully saturated rings. The van der Waals surface area contributed by atoms with Crippen LogP contribution in [0.4, 0.5) is 5.69 Å². The Morgan fingerprint density at radius 1 is 1.23 bits per heavy atom. The summed E-state index contributed by atoms with van der Waals surface area (Å²) >= 11 is 3.39. The lowest BCUT2D eigenvalue weighted by atomic mass is 10.2. The van der Waals surface area contributed by atoms with E-state index in [1.165, 1.54) is 0 Å². The molecular weight excluding hydrogens is 374 g/mol. The number of aryl methyl sites for hydroxylation is 1. The van der Waals surface area contributed by atoms with Crippen LogP contribution in [-0.2, 0) is 14.3 Å². The summed E-state index contributed by atoms with van der Waals surface area (Å²) in [5.41, 5.74) is 1.73. The highest BCUT2D eigenvalue weighted by atomic mass is 79.9. The first-order valence-electron chi connectivity index (χ1n) is 6.55. The smallest absolute Gasteiger partial charge is 0.243 e. The van der Waals surface area contributed by atoms with Crippen molar-refractivity contribution in [1.29, 1.82) is 0 Å². The van der Waals surface area contributed by atoms with E-state index in [0.717, 1.165) is 10.0 Å². The lowest BCUT2D eigenvalue weighted by Gasteiger charge is -2.09. The zero-order valence-corrected chi connectivity index (χ0v) is 15.0. The molecule has 0 spiro atoms. The van der Waals surface area contributed by atoms with Crippen molar-refractivity contribution in [3.63, 3.8) is 0 Å². The molecule has 0 heterocycles. The summed E-state index contributed by atoms with van der Waals surface area (Å²) in [5.74, 6) is -0.491. The quantitative estimate of drug-likeness (QED) is 0.583. The molecule has 6 nitrogen and oxygen atoms in total. The standard InChI is InChI=1S/C14H20BrN3O3.ClH/c1-10-7-11(3-4-12(10)15)18-14(20)9-17-13(19)8-16-5-6-21-2;/h3-4,7,16H,5-6,8-9H2,1-2H3,(H,17,19)(H,18,20);1H. The largest absolute Gasteiger partial charge is 0.383 e. The highest BCUT2D eigenvalue weighted by Gasteiger charge is 2.06. The second-order valence-electron chi connectivity index (χ2n) is 4.46. The molecule has 0 aliphatic carbocycles. The first-order valence-corrected chi connectivity index (χ1v) is 7.34. The van der Waals surface area contributed by atoms with Crippen molar-refractivity contribution in [3.8, 4) is 0 Å². The van der Waals surface area contributed by atoms with Gasteiger partial charge in [0.2, 0.25) is 11.8 Å². The van der Waals surface area contributed by atoms with Gasteiger partial charge < -0.3 is 20.7 Å². The Kier molecular flexibility index (Phi) is 10.8. The molecule has 8 heteroatoms. The third-order valence-electron chi connectivity index (χ3n) is 2.66. The van der Waals surface area contributed by atoms with E-state index in [4.69, 9.17) is 4.74 Å². The number of halogens is 2. The molecule has 1 aromatic carbocycles. The number of rotatable bonds is 8. The minimum absolute atomic E-state index is 0. The monoisotopic (exact) mass is 393 g/mol. The molecule has 0 radical (unpaired) electrons. The first kappa shape index (κ1) is 20.9. The fourth-order valence-corrected chi connectivity index (χ4v) is 1.79. The molecule has 0 aliphatic rings. The van der Waals surface area contributed by atoms with Crippen LogP contribution in [0.3, 0.4) is 0 Å². The van der Waals surface area contributed by atoms with Crippen LogP contribution in [-0.4, -0.2) is 45.2 Å². The summed E-state index contributed by atoms with van der Waals surface area (Å²) in [6, 6.07) is 5.52. The fourth-order valence-electron chi connectivity index (χ4n) is 1.55. The van der Waals surface area contributed by atoms with Crippen molar-refractivity contribution < 1.29 is 14.3 Å². The van der Waals surface area contributed by atoms with Crippen LogP contribution in [0.5, 0.6) is 0 Å². The van der Waals surface area contributed by atoms with Crippen LogP contribution in [0.25, 0.3) is 0 Å². The Morgan fingerprint density at radius 2 is 1.95 bits per heavy atom. The van der Waals surface area contributed by atoms with Gasteiger partial charge in [0.25, 0.3) is 0 Å². The molecule has 124 valence electrons. The van der Waals surface area contributed by atoms with Crippen molar-refractivity contribution in [2.45, 2.75) is 6.92 Å². The second kappa shape index (κ2) is 11.4. The number of hydrogen-bond donors (Lipinski definition) is 3. The van der Waals surface area contributed by atoms with Crippen LogP contribution in [0, 0.1) is 6.92 Å². The van der Waals surface area contributed by atoms with Gasteiger partial charge in [0, 0.05) is 23.8 Å². The summed E-state index contributed by atoms with van der Waals surface area (Å²) in [7, 11) is 1.59. The maximum atomic E-state index is 11.7. The molecule has 0 unspecified atom stereocenters. The fraction of sp³-hybridized carbons (Fsp3) is 0.429. The average molecular weight is 395 g/mol. The van der Waals surface area contributed by atoms with E-state index in [1.807, 2.05) is 19.1 Å². The van der Waals surface area contributed by atoms with Gasteiger partial charge in [-0.05, 0) is 30.7 Å². The number of amides is 2. The number of ether oxygens (including phenoxy) is 1. The van der Waals surface area contributed by atoms with Gasteiger partial charge in [0.15, 0.2) is 0 Å². The van der Waals surface area contributed by atoms with Gasteiger partial charge in [0.1, 0.15) is 0 Å². The molecule has 3 N–H and O–H groups in total. The van der Waals surface area contributed by atoms with Crippen LogP contribution in [0.1, 0.15) is 5.56 Å². The third kappa shape index (κ3) is 8.33. The van der Waals surface area contributed by atoms with Gasteiger partial charge in [-0.3, -0.25) is 9.59 Å². The van der Waals surface area contributed by atoms with Gasteiger partial charge in [-0.1, -0.05) is 15.9 Å². The van der Waals surface area contributed by atoms with Crippen LogP contribution in [0.2, 0.25) is 0 Å². The van der Waals surface area contributed by atoms with E-state index in [-0.39, 0.29) is 37.3 Å². The summed E-state index contributed by atoms with van der Waals surface area (Å²) in [6.07, 6.45) is 0. The zero-order chi connectivity index (χ0) is 15.7. The Bertz CT molecular complexity index is 500. The number of anilines is 1. The van der Waals surface area contributed by atoms with Gasteiger partial charge >= 0.3 is 0 Å². The van der Waals surface area contributed by atoms with E-state index in [2.05, 4.69) is 31.9 Å². The molecule has 0 aliphatic heterocycles. The predicted octanol–water partition coefficient (Wildman–Crippen LogP) is 1.47. The summed E-state index contributed by atoms with van der Waals surface area (Å²) < 4.78 is 5.83. The first-order chi connectivity index (χ1) is 10.0. The minimum atomic E-state index is -0.262. The van der Waals surface area contributed by atoms with E-state index >= 15 is 0 Å². The molecule has 22 heavy (non-hydrogen) atoms. The SMILES string of the molecule is COCCNCC(=O)NCC(=O)Nc1ccc(Br)c(C)c1.Cl. The number of benzene rings is 1. The number of carbonyl (C=O) groups excluding carboxylic acids is 2. The van der Waals surface area contributed by atoms with E-state index in [1.54, 1.807) is 13.2 Å². The van der Waals surface area contributed by atoms with E-state index in [0.29, 0.717) is 18.8 Å². The molecule has 0 atom stereocenters. The maximum Gasteiger partial charge on any atom is 0.243 e. The molecule has 0 bridgehead atoms. The second-order valence-corrected chi connectivity index (χ2v) is 5.31. The molecule has 0 saturated carbocycles. The van der Waals surface area contributed by atoms with Crippen molar-refractivity contribution in [1.82, 2.24) is 10.6 Å². The number of carbonyl (C=O) groups is 2. The van der Waals surface area contributed by atoms with Crippen LogP contribution in [0.15, 0.2) is 22.7 Å². The van der Waals surface area contributed by atoms with Crippen LogP contribution >= 0.6 is 28.3 Å². The van der Waals surface area contributed by atoms with Gasteiger partial charge in [-0.15, -0.1) is 12.4 Å². The molecule has 2 amide bonds. The lowest BCUT2D eigenvalue weighted by molar-refractivity contribution is -0.123. The van der Waals surface area contributed by atoms with Crippen molar-refractivity contribution >= 4 is 45.8 Å². The Labute approximate surface area is 144 Å². The molecule has 1 aromatic rings. The topological polar surface area (TPSA) is 79.5 Å². The Hall–Kier alpha value is -1.15. The number of hydrogen-bond acceptors (Lipinski definition) is 4. The van der Waals surface area contributed by atoms with Crippen molar-refractivity contribution in [3.05, 3.63) is 28.2 Å². The van der Waals surface area contributed by atoms with Crippen molar-refractivity contribution in [2.24, 2.45) is 0 Å².